The standard InChI is InChI=1S/C16H14N2O2/c1-20-14-9-7-13(8-10-14)18-11-15(19)16(17-18)12-5-3-2-4-6-12/h2-11,19H,1H3. The van der Waals surface area contributed by atoms with Gasteiger partial charge in [-0.05, 0) is 24.3 Å². The van der Waals surface area contributed by atoms with Gasteiger partial charge in [0.25, 0.3) is 0 Å². The van der Waals surface area contributed by atoms with Crippen LogP contribution in [0.4, 0.5) is 0 Å². The van der Waals surface area contributed by atoms with Crippen molar-refractivity contribution in [3.63, 3.8) is 0 Å². The molecule has 0 atom stereocenters. The fourth-order valence-electron chi connectivity index (χ4n) is 2.03. The summed E-state index contributed by atoms with van der Waals surface area (Å²) < 4.78 is 6.77. The van der Waals surface area contributed by atoms with Crippen LogP contribution in [0, 0.1) is 0 Å². The number of hydrogen-bond acceptors (Lipinski definition) is 3. The molecule has 1 N–H and O–H groups in total. The van der Waals surface area contributed by atoms with E-state index in [1.54, 1.807) is 18.0 Å². The highest BCUT2D eigenvalue weighted by Crippen LogP contribution is 2.28. The Morgan fingerprint density at radius 3 is 2.35 bits per heavy atom. The second-order valence-electron chi connectivity index (χ2n) is 4.37. The summed E-state index contributed by atoms with van der Waals surface area (Å²) >= 11 is 0. The molecule has 0 fully saturated rings. The Kier molecular flexibility index (Phi) is 3.13. The van der Waals surface area contributed by atoms with Gasteiger partial charge in [-0.25, -0.2) is 4.68 Å². The number of ether oxygens (including phenoxy) is 1. The van der Waals surface area contributed by atoms with E-state index in [1.165, 1.54) is 0 Å². The van der Waals surface area contributed by atoms with Crippen LogP contribution in [0.15, 0.2) is 60.8 Å². The van der Waals surface area contributed by atoms with E-state index in [4.69, 9.17) is 4.74 Å². The lowest BCUT2D eigenvalue weighted by Gasteiger charge is -2.03. The van der Waals surface area contributed by atoms with E-state index in [-0.39, 0.29) is 5.75 Å². The minimum Gasteiger partial charge on any atom is -0.504 e. The average molecular weight is 266 g/mol. The van der Waals surface area contributed by atoms with Crippen LogP contribution in [-0.2, 0) is 0 Å². The number of nitrogens with zero attached hydrogens (tertiary/aromatic N) is 2. The van der Waals surface area contributed by atoms with E-state index in [2.05, 4.69) is 5.10 Å². The number of methoxy groups -OCH3 is 1. The summed E-state index contributed by atoms with van der Waals surface area (Å²) in [7, 11) is 1.63. The van der Waals surface area contributed by atoms with Crippen molar-refractivity contribution in [1.82, 2.24) is 9.78 Å². The molecule has 0 saturated heterocycles. The second kappa shape index (κ2) is 5.09. The van der Waals surface area contributed by atoms with Crippen molar-refractivity contribution in [2.45, 2.75) is 0 Å². The summed E-state index contributed by atoms with van der Waals surface area (Å²) in [4.78, 5) is 0. The maximum atomic E-state index is 10.0. The predicted octanol–water partition coefficient (Wildman–Crippen LogP) is 3.25. The molecule has 0 spiro atoms. The SMILES string of the molecule is COc1ccc(-n2cc(O)c(-c3ccccc3)n2)cc1. The van der Waals surface area contributed by atoms with Gasteiger partial charge in [-0.15, -0.1) is 0 Å². The molecule has 0 aliphatic rings. The van der Waals surface area contributed by atoms with Gasteiger partial charge in [-0.2, -0.15) is 5.10 Å². The summed E-state index contributed by atoms with van der Waals surface area (Å²) in [5, 5.41) is 14.5. The molecule has 20 heavy (non-hydrogen) atoms. The predicted molar refractivity (Wildman–Crippen MR) is 77.2 cm³/mol. The van der Waals surface area contributed by atoms with E-state index in [9.17, 15) is 5.11 Å². The van der Waals surface area contributed by atoms with Crippen LogP contribution in [0.3, 0.4) is 0 Å². The fraction of sp³-hybridized carbons (Fsp3) is 0.0625. The van der Waals surface area contributed by atoms with E-state index in [0.717, 1.165) is 17.0 Å². The first-order chi connectivity index (χ1) is 9.78. The molecular formula is C16H14N2O2. The first-order valence-corrected chi connectivity index (χ1v) is 6.26. The van der Waals surface area contributed by atoms with Crippen LogP contribution in [0.1, 0.15) is 0 Å². The van der Waals surface area contributed by atoms with Crippen molar-refractivity contribution in [3.05, 3.63) is 60.8 Å². The Morgan fingerprint density at radius 2 is 1.70 bits per heavy atom. The van der Waals surface area contributed by atoms with Crippen molar-refractivity contribution in [2.24, 2.45) is 0 Å². The molecule has 0 bridgehead atoms. The Balaban J connectivity index is 2.00. The second-order valence-corrected chi connectivity index (χ2v) is 4.37. The van der Waals surface area contributed by atoms with Gasteiger partial charge in [-0.3, -0.25) is 0 Å². The molecule has 0 unspecified atom stereocenters. The van der Waals surface area contributed by atoms with Gasteiger partial charge in [0, 0.05) is 5.56 Å². The van der Waals surface area contributed by atoms with Gasteiger partial charge < -0.3 is 9.84 Å². The molecule has 4 nitrogen and oxygen atoms in total. The highest BCUT2D eigenvalue weighted by atomic mass is 16.5. The molecule has 3 rings (SSSR count). The fourth-order valence-corrected chi connectivity index (χ4v) is 2.03. The van der Waals surface area contributed by atoms with E-state index >= 15 is 0 Å². The molecule has 1 heterocycles. The van der Waals surface area contributed by atoms with Crippen molar-refractivity contribution in [2.75, 3.05) is 7.11 Å². The Hall–Kier alpha value is -2.75. The zero-order valence-electron chi connectivity index (χ0n) is 11.0. The van der Waals surface area contributed by atoms with Crippen LogP contribution in [0.5, 0.6) is 11.5 Å². The number of aromatic hydroxyl groups is 1. The number of aromatic nitrogens is 2. The first-order valence-electron chi connectivity index (χ1n) is 6.26. The molecule has 1 aromatic heterocycles. The van der Waals surface area contributed by atoms with E-state index in [1.807, 2.05) is 54.6 Å². The normalized spacial score (nSPS) is 10.4. The molecular weight excluding hydrogens is 252 g/mol. The highest BCUT2D eigenvalue weighted by Gasteiger charge is 2.10. The van der Waals surface area contributed by atoms with Gasteiger partial charge in [0.2, 0.25) is 0 Å². The third kappa shape index (κ3) is 2.23. The smallest absolute Gasteiger partial charge is 0.162 e. The van der Waals surface area contributed by atoms with Gasteiger partial charge >= 0.3 is 0 Å². The minimum absolute atomic E-state index is 0.159. The van der Waals surface area contributed by atoms with Gasteiger partial charge in [0.1, 0.15) is 11.4 Å². The number of benzene rings is 2. The van der Waals surface area contributed by atoms with Crippen LogP contribution < -0.4 is 4.74 Å². The molecule has 100 valence electrons. The van der Waals surface area contributed by atoms with E-state index < -0.39 is 0 Å². The lowest BCUT2D eigenvalue weighted by Crippen LogP contribution is -1.94. The molecule has 0 saturated carbocycles. The summed E-state index contributed by atoms with van der Waals surface area (Å²) in [5.74, 6) is 0.945. The van der Waals surface area contributed by atoms with Crippen LogP contribution in [0.25, 0.3) is 16.9 Å². The van der Waals surface area contributed by atoms with E-state index in [0.29, 0.717) is 5.69 Å². The van der Waals surface area contributed by atoms with Gasteiger partial charge in [0.05, 0.1) is 19.0 Å². The zero-order chi connectivity index (χ0) is 13.9. The lowest BCUT2D eigenvalue weighted by molar-refractivity contribution is 0.414. The van der Waals surface area contributed by atoms with Crippen molar-refractivity contribution < 1.29 is 9.84 Å². The first kappa shape index (κ1) is 12.3. The van der Waals surface area contributed by atoms with Crippen molar-refractivity contribution in [1.29, 1.82) is 0 Å². The lowest BCUT2D eigenvalue weighted by atomic mass is 10.1. The quantitative estimate of drug-likeness (QED) is 0.791. The summed E-state index contributed by atoms with van der Waals surface area (Å²) in [5.41, 5.74) is 2.32. The maximum Gasteiger partial charge on any atom is 0.162 e. The molecule has 0 amide bonds. The molecule has 3 aromatic rings. The zero-order valence-corrected chi connectivity index (χ0v) is 11.0. The van der Waals surface area contributed by atoms with Gasteiger partial charge in [-0.1, -0.05) is 30.3 Å². The summed E-state index contributed by atoms with van der Waals surface area (Å²) in [6, 6.07) is 17.1. The number of hydrogen-bond donors (Lipinski definition) is 1. The minimum atomic E-state index is 0.159. The Morgan fingerprint density at radius 1 is 1.00 bits per heavy atom. The molecule has 4 heteroatoms. The van der Waals surface area contributed by atoms with Crippen molar-refractivity contribution >= 4 is 0 Å². The Bertz CT molecular complexity index is 703. The maximum absolute atomic E-state index is 10.0. The molecule has 0 aliphatic carbocycles. The summed E-state index contributed by atoms with van der Waals surface area (Å²) in [6.45, 7) is 0. The topological polar surface area (TPSA) is 47.3 Å². The van der Waals surface area contributed by atoms with Crippen LogP contribution in [-0.4, -0.2) is 22.0 Å². The third-order valence-electron chi connectivity index (χ3n) is 3.08. The molecule has 0 aliphatic heterocycles. The summed E-state index contributed by atoms with van der Waals surface area (Å²) in [6.07, 6.45) is 1.60. The van der Waals surface area contributed by atoms with Gasteiger partial charge in [0.15, 0.2) is 5.75 Å². The number of rotatable bonds is 3. The third-order valence-corrected chi connectivity index (χ3v) is 3.08. The highest BCUT2D eigenvalue weighted by molar-refractivity contribution is 5.65. The Labute approximate surface area is 116 Å². The van der Waals surface area contributed by atoms with Crippen LogP contribution >= 0.6 is 0 Å². The van der Waals surface area contributed by atoms with Crippen LogP contribution in [0.2, 0.25) is 0 Å². The average Bonchev–Trinajstić information content (AvgIpc) is 2.90. The molecule has 0 radical (unpaired) electrons. The monoisotopic (exact) mass is 266 g/mol. The molecule has 2 aromatic carbocycles. The van der Waals surface area contributed by atoms with Crippen molar-refractivity contribution in [3.8, 4) is 28.4 Å². The largest absolute Gasteiger partial charge is 0.504 e.